The number of hydrogen-bond acceptors (Lipinski definition) is 5. The van der Waals surface area contributed by atoms with E-state index in [1.165, 1.54) is 10.5 Å². The fraction of sp³-hybridized carbons (Fsp3) is 0.233. The molecular weight excluding hydrogens is 478 g/mol. The lowest BCUT2D eigenvalue weighted by Gasteiger charge is -2.27. The first kappa shape index (κ1) is 25.2. The van der Waals surface area contributed by atoms with E-state index in [2.05, 4.69) is 34.2 Å². The van der Waals surface area contributed by atoms with E-state index in [9.17, 15) is 14.4 Å². The monoisotopic (exact) mass is 509 g/mol. The molecule has 5 rings (SSSR count). The Labute approximate surface area is 221 Å². The molecule has 1 atom stereocenters. The van der Waals surface area contributed by atoms with Crippen LogP contribution >= 0.6 is 0 Å². The molecule has 5 N–H and O–H groups in total. The van der Waals surface area contributed by atoms with Gasteiger partial charge in [0, 0.05) is 60.0 Å². The van der Waals surface area contributed by atoms with Crippen LogP contribution in [-0.2, 0) is 0 Å². The molecule has 8 heteroatoms. The molecule has 0 aromatic heterocycles. The van der Waals surface area contributed by atoms with Crippen molar-refractivity contribution < 1.29 is 14.4 Å². The normalized spacial score (nSPS) is 16.4. The van der Waals surface area contributed by atoms with Crippen molar-refractivity contribution in [2.45, 2.75) is 18.8 Å². The third-order valence-electron chi connectivity index (χ3n) is 6.87. The topological polar surface area (TPSA) is 117 Å². The summed E-state index contributed by atoms with van der Waals surface area (Å²) in [5.74, 6) is -0.195. The zero-order valence-electron chi connectivity index (χ0n) is 21.1. The van der Waals surface area contributed by atoms with Crippen molar-refractivity contribution in [3.8, 4) is 0 Å². The van der Waals surface area contributed by atoms with Crippen LogP contribution in [0.4, 0.5) is 10.5 Å². The molecule has 2 aliphatic rings. The highest BCUT2D eigenvalue weighted by Gasteiger charge is 2.32. The van der Waals surface area contributed by atoms with Gasteiger partial charge in [0.2, 0.25) is 0 Å². The van der Waals surface area contributed by atoms with Crippen LogP contribution in [0.3, 0.4) is 0 Å². The van der Waals surface area contributed by atoms with Gasteiger partial charge in [0.1, 0.15) is 0 Å². The Balaban J connectivity index is 1.10. The quantitative estimate of drug-likeness (QED) is 0.256. The second kappa shape index (κ2) is 11.3. The number of amides is 4. The molecule has 8 nitrogen and oxygen atoms in total. The Kier molecular flexibility index (Phi) is 7.51. The molecule has 0 radical (unpaired) electrons. The smallest absolute Gasteiger partial charge is 0.319 e. The number of nitrogens with one attached hydrogen (secondary N) is 3. The fourth-order valence-electron chi connectivity index (χ4n) is 4.93. The third-order valence-corrected chi connectivity index (χ3v) is 6.87. The van der Waals surface area contributed by atoms with Gasteiger partial charge in [-0.3, -0.25) is 14.5 Å². The van der Waals surface area contributed by atoms with Crippen molar-refractivity contribution in [2.75, 3.05) is 31.5 Å². The summed E-state index contributed by atoms with van der Waals surface area (Å²) < 4.78 is 0. The largest absolute Gasteiger partial charge is 0.385 e. The number of imide groups is 1. The summed E-state index contributed by atoms with van der Waals surface area (Å²) in [6.45, 7) is 1.84. The van der Waals surface area contributed by atoms with Gasteiger partial charge in [0.25, 0.3) is 11.8 Å². The van der Waals surface area contributed by atoms with Crippen molar-refractivity contribution >= 4 is 34.3 Å². The molecule has 1 aliphatic heterocycles. The molecule has 0 bridgehead atoms. The molecule has 194 valence electrons. The molecule has 0 fully saturated rings. The summed E-state index contributed by atoms with van der Waals surface area (Å²) >= 11 is 0. The van der Waals surface area contributed by atoms with Crippen LogP contribution in [0.25, 0.3) is 10.8 Å². The number of carbonyl (C=O) groups excluding carboxylic acids is 3. The summed E-state index contributed by atoms with van der Waals surface area (Å²) in [7, 11) is 0. The highest BCUT2D eigenvalue weighted by atomic mass is 16.2. The summed E-state index contributed by atoms with van der Waals surface area (Å²) in [6.07, 6.45) is 7.89. The molecule has 1 unspecified atom stereocenters. The van der Waals surface area contributed by atoms with Crippen LogP contribution < -0.4 is 21.7 Å². The highest BCUT2D eigenvalue weighted by Crippen LogP contribution is 2.30. The number of hydrogen-bond donors (Lipinski definition) is 4. The van der Waals surface area contributed by atoms with E-state index in [0.29, 0.717) is 43.7 Å². The molecule has 4 amide bonds. The maximum absolute atomic E-state index is 13.0. The van der Waals surface area contributed by atoms with E-state index in [-0.39, 0.29) is 23.8 Å². The Bertz CT molecular complexity index is 1380. The second-order valence-corrected chi connectivity index (χ2v) is 9.40. The molecule has 0 saturated heterocycles. The van der Waals surface area contributed by atoms with Gasteiger partial charge in [0.15, 0.2) is 0 Å². The van der Waals surface area contributed by atoms with Crippen molar-refractivity contribution in [3.05, 3.63) is 101 Å². The Morgan fingerprint density at radius 3 is 2.29 bits per heavy atom. The van der Waals surface area contributed by atoms with Crippen LogP contribution in [-0.4, -0.2) is 48.9 Å². The lowest BCUT2D eigenvalue weighted by Crippen LogP contribution is -2.41. The van der Waals surface area contributed by atoms with Gasteiger partial charge < -0.3 is 21.7 Å². The van der Waals surface area contributed by atoms with E-state index in [0.717, 1.165) is 28.6 Å². The average molecular weight is 510 g/mol. The van der Waals surface area contributed by atoms with E-state index in [1.807, 2.05) is 48.5 Å². The number of carbonyl (C=O) groups is 3. The molecule has 3 aromatic carbocycles. The van der Waals surface area contributed by atoms with Crippen molar-refractivity contribution in [1.29, 1.82) is 0 Å². The SMILES string of the molecule is NCCNC(=O)Nc1ccc(C2C=CC(NCCCN3C(=O)c4cccc5cccc(c45)C3=O)=CC2)cc1. The summed E-state index contributed by atoms with van der Waals surface area (Å²) in [4.78, 5) is 39.2. The molecule has 1 heterocycles. The van der Waals surface area contributed by atoms with Crippen LogP contribution in [0.5, 0.6) is 0 Å². The third kappa shape index (κ3) is 5.31. The Hall–Kier alpha value is -4.43. The van der Waals surface area contributed by atoms with Gasteiger partial charge in [0.05, 0.1) is 0 Å². The number of allylic oxidation sites excluding steroid dienone is 3. The van der Waals surface area contributed by atoms with Gasteiger partial charge >= 0.3 is 6.03 Å². The zero-order chi connectivity index (χ0) is 26.5. The lowest BCUT2D eigenvalue weighted by atomic mass is 9.91. The Morgan fingerprint density at radius 2 is 1.66 bits per heavy atom. The molecule has 1 aliphatic carbocycles. The number of urea groups is 1. The van der Waals surface area contributed by atoms with Crippen molar-refractivity contribution in [1.82, 2.24) is 15.5 Å². The average Bonchev–Trinajstić information content (AvgIpc) is 2.95. The molecule has 0 saturated carbocycles. The number of anilines is 1. The molecular formula is C30H31N5O3. The number of nitrogens with zero attached hydrogens (tertiary/aromatic N) is 1. The van der Waals surface area contributed by atoms with E-state index in [4.69, 9.17) is 5.73 Å². The van der Waals surface area contributed by atoms with Crippen LogP contribution in [0, 0.1) is 0 Å². The first-order valence-electron chi connectivity index (χ1n) is 12.9. The van der Waals surface area contributed by atoms with Gasteiger partial charge in [-0.15, -0.1) is 0 Å². The maximum Gasteiger partial charge on any atom is 0.319 e. The van der Waals surface area contributed by atoms with Crippen LogP contribution in [0.15, 0.2) is 84.6 Å². The minimum absolute atomic E-state index is 0.226. The number of benzene rings is 3. The lowest BCUT2D eigenvalue weighted by molar-refractivity contribution is 0.0609. The first-order valence-corrected chi connectivity index (χ1v) is 12.9. The molecule has 0 spiro atoms. The predicted molar refractivity (Wildman–Crippen MR) is 149 cm³/mol. The highest BCUT2D eigenvalue weighted by molar-refractivity contribution is 6.25. The van der Waals surface area contributed by atoms with E-state index >= 15 is 0 Å². The maximum atomic E-state index is 13.0. The van der Waals surface area contributed by atoms with Gasteiger partial charge in [-0.05, 0) is 54.1 Å². The summed E-state index contributed by atoms with van der Waals surface area (Å²) in [6, 6.07) is 18.7. The van der Waals surface area contributed by atoms with E-state index < -0.39 is 0 Å². The van der Waals surface area contributed by atoms with E-state index in [1.54, 1.807) is 12.1 Å². The molecule has 38 heavy (non-hydrogen) atoms. The van der Waals surface area contributed by atoms with Crippen LogP contribution in [0.1, 0.15) is 45.0 Å². The fourth-order valence-corrected chi connectivity index (χ4v) is 4.93. The van der Waals surface area contributed by atoms with Crippen molar-refractivity contribution in [2.24, 2.45) is 5.73 Å². The first-order chi connectivity index (χ1) is 18.5. The van der Waals surface area contributed by atoms with Crippen molar-refractivity contribution in [3.63, 3.8) is 0 Å². The minimum atomic E-state index is -0.268. The Morgan fingerprint density at radius 1 is 0.947 bits per heavy atom. The zero-order valence-corrected chi connectivity index (χ0v) is 21.1. The van der Waals surface area contributed by atoms with Gasteiger partial charge in [-0.1, -0.05) is 48.6 Å². The number of rotatable bonds is 9. The predicted octanol–water partition coefficient (Wildman–Crippen LogP) is 4.12. The van der Waals surface area contributed by atoms with Crippen LogP contribution in [0.2, 0.25) is 0 Å². The van der Waals surface area contributed by atoms with Gasteiger partial charge in [-0.25, -0.2) is 4.79 Å². The minimum Gasteiger partial charge on any atom is -0.385 e. The number of nitrogens with two attached hydrogens (primary N) is 1. The summed E-state index contributed by atoms with van der Waals surface area (Å²) in [5.41, 5.74) is 9.51. The second-order valence-electron chi connectivity index (χ2n) is 9.40. The standard InChI is InChI=1S/C30H31N5O3/c31-16-18-33-30(38)34-24-14-10-21(11-15-24)20-8-12-23(13-9-20)32-17-3-19-35-28(36)25-6-1-4-22-5-2-7-26(27(22)25)29(35)37/h1-2,4-8,10-15,20,32H,3,9,16-19,31H2,(H2,33,34,38). The summed E-state index contributed by atoms with van der Waals surface area (Å²) in [5, 5.41) is 10.5. The molecule has 3 aromatic rings. The van der Waals surface area contributed by atoms with Gasteiger partial charge in [-0.2, -0.15) is 0 Å².